The lowest BCUT2D eigenvalue weighted by Gasteiger charge is -2.07. The molecule has 0 aromatic heterocycles. The van der Waals surface area contributed by atoms with Crippen LogP contribution >= 0.6 is 0 Å². The molecule has 2 rings (SSSR count). The van der Waals surface area contributed by atoms with Gasteiger partial charge in [-0.2, -0.15) is 0 Å². The molecule has 0 radical (unpaired) electrons. The zero-order valence-electron chi connectivity index (χ0n) is 11.4. The van der Waals surface area contributed by atoms with E-state index in [4.69, 9.17) is 9.47 Å². The summed E-state index contributed by atoms with van der Waals surface area (Å²) in [5, 5.41) is 0. The van der Waals surface area contributed by atoms with E-state index < -0.39 is 0 Å². The molecule has 0 saturated carbocycles. The van der Waals surface area contributed by atoms with Gasteiger partial charge in [-0.25, -0.2) is 0 Å². The molecule has 0 atom stereocenters. The molecule has 0 saturated heterocycles. The molecule has 0 spiro atoms. The van der Waals surface area contributed by atoms with Crippen LogP contribution in [0.3, 0.4) is 0 Å². The molecule has 2 amide bonds. The highest BCUT2D eigenvalue weighted by Gasteiger charge is 2.16. The molecule has 0 aliphatic carbocycles. The van der Waals surface area contributed by atoms with Crippen molar-refractivity contribution < 1.29 is 19.1 Å². The van der Waals surface area contributed by atoms with E-state index in [0.29, 0.717) is 23.5 Å². The van der Waals surface area contributed by atoms with Crippen LogP contribution in [0.2, 0.25) is 0 Å². The topological polar surface area (TPSA) is 76.7 Å². The van der Waals surface area contributed by atoms with Crippen LogP contribution in [0.15, 0.2) is 18.2 Å². The third kappa shape index (κ3) is 3.63. The lowest BCUT2D eigenvalue weighted by Crippen LogP contribution is -2.41. The third-order valence-corrected chi connectivity index (χ3v) is 2.96. The molecule has 1 heterocycles. The molecule has 6 heteroatoms. The summed E-state index contributed by atoms with van der Waals surface area (Å²) in [6.45, 7) is 2.23. The molecule has 6 nitrogen and oxygen atoms in total. The summed E-state index contributed by atoms with van der Waals surface area (Å²) in [4.78, 5) is 23.3. The molecule has 1 aromatic carbocycles. The first-order valence-electron chi connectivity index (χ1n) is 6.69. The van der Waals surface area contributed by atoms with E-state index >= 15 is 0 Å². The van der Waals surface area contributed by atoms with Crippen LogP contribution < -0.4 is 20.3 Å². The summed E-state index contributed by atoms with van der Waals surface area (Å²) >= 11 is 0. The highest BCUT2D eigenvalue weighted by atomic mass is 16.7. The monoisotopic (exact) mass is 278 g/mol. The van der Waals surface area contributed by atoms with Gasteiger partial charge in [-0.05, 0) is 24.6 Å². The molecular formula is C14H18N2O4. The molecular weight excluding hydrogens is 260 g/mol. The predicted octanol–water partition coefficient (Wildman–Crippen LogP) is 1.76. The van der Waals surface area contributed by atoms with Crippen molar-refractivity contribution in [2.45, 2.75) is 32.6 Å². The Morgan fingerprint density at radius 1 is 1.15 bits per heavy atom. The minimum absolute atomic E-state index is 0.161. The summed E-state index contributed by atoms with van der Waals surface area (Å²) < 4.78 is 10.4. The highest BCUT2D eigenvalue weighted by Crippen LogP contribution is 2.32. The van der Waals surface area contributed by atoms with Crippen LogP contribution in [0, 0.1) is 0 Å². The Morgan fingerprint density at radius 2 is 1.95 bits per heavy atom. The Labute approximate surface area is 117 Å². The van der Waals surface area contributed by atoms with E-state index in [-0.39, 0.29) is 18.6 Å². The second kappa shape index (κ2) is 6.79. The number of rotatable bonds is 5. The van der Waals surface area contributed by atoms with Crippen molar-refractivity contribution in [3.05, 3.63) is 23.8 Å². The van der Waals surface area contributed by atoms with Crippen molar-refractivity contribution >= 4 is 11.8 Å². The van der Waals surface area contributed by atoms with Crippen LogP contribution in [-0.4, -0.2) is 18.6 Å². The van der Waals surface area contributed by atoms with Gasteiger partial charge in [0.05, 0.1) is 0 Å². The van der Waals surface area contributed by atoms with Crippen molar-refractivity contribution in [3.63, 3.8) is 0 Å². The van der Waals surface area contributed by atoms with E-state index in [1.165, 1.54) is 0 Å². The number of ether oxygens (including phenoxy) is 2. The van der Waals surface area contributed by atoms with Crippen molar-refractivity contribution in [1.29, 1.82) is 0 Å². The van der Waals surface area contributed by atoms with Gasteiger partial charge in [0, 0.05) is 12.0 Å². The van der Waals surface area contributed by atoms with Crippen molar-refractivity contribution in [2.75, 3.05) is 6.79 Å². The minimum atomic E-state index is -0.382. The van der Waals surface area contributed by atoms with Gasteiger partial charge in [-0.15, -0.1) is 0 Å². The average molecular weight is 278 g/mol. The van der Waals surface area contributed by atoms with Gasteiger partial charge in [-0.3, -0.25) is 20.4 Å². The Hall–Kier alpha value is -2.24. The maximum absolute atomic E-state index is 11.9. The number of amides is 2. The fourth-order valence-corrected chi connectivity index (χ4v) is 1.83. The maximum Gasteiger partial charge on any atom is 0.269 e. The summed E-state index contributed by atoms with van der Waals surface area (Å²) in [6, 6.07) is 4.87. The fraction of sp³-hybridized carbons (Fsp3) is 0.429. The number of hydrogen-bond donors (Lipinski definition) is 2. The summed E-state index contributed by atoms with van der Waals surface area (Å²) in [5.74, 6) is 0.580. The first kappa shape index (κ1) is 14.2. The Balaban J connectivity index is 1.81. The van der Waals surface area contributed by atoms with Crippen LogP contribution in [0.5, 0.6) is 11.5 Å². The lowest BCUT2D eigenvalue weighted by molar-refractivity contribution is -0.121. The van der Waals surface area contributed by atoms with Gasteiger partial charge in [0.25, 0.3) is 5.91 Å². The van der Waals surface area contributed by atoms with Crippen LogP contribution in [0.25, 0.3) is 0 Å². The molecule has 1 aromatic rings. The SMILES string of the molecule is CCCCCC(=O)NNC(=O)c1ccc2c(c1)OCO2. The van der Waals surface area contributed by atoms with Crippen molar-refractivity contribution in [1.82, 2.24) is 10.9 Å². The number of unbranched alkanes of at least 4 members (excludes halogenated alkanes) is 2. The molecule has 20 heavy (non-hydrogen) atoms. The average Bonchev–Trinajstić information content (AvgIpc) is 2.92. The molecule has 1 aliphatic heterocycles. The number of fused-ring (bicyclic) bond motifs is 1. The molecule has 108 valence electrons. The predicted molar refractivity (Wildman–Crippen MR) is 72.3 cm³/mol. The number of carbonyl (C=O) groups excluding carboxylic acids is 2. The smallest absolute Gasteiger partial charge is 0.269 e. The van der Waals surface area contributed by atoms with Crippen LogP contribution in [-0.2, 0) is 4.79 Å². The number of hydrazine groups is 1. The van der Waals surface area contributed by atoms with Crippen LogP contribution in [0.1, 0.15) is 43.0 Å². The lowest BCUT2D eigenvalue weighted by atomic mass is 10.2. The number of benzene rings is 1. The van der Waals surface area contributed by atoms with Gasteiger partial charge in [0.2, 0.25) is 12.7 Å². The summed E-state index contributed by atoms with van der Waals surface area (Å²) in [5.41, 5.74) is 5.18. The normalized spacial score (nSPS) is 12.1. The molecule has 1 aliphatic rings. The van der Waals surface area contributed by atoms with Gasteiger partial charge >= 0.3 is 0 Å². The van der Waals surface area contributed by atoms with Crippen LogP contribution in [0.4, 0.5) is 0 Å². The van der Waals surface area contributed by atoms with Gasteiger partial charge < -0.3 is 9.47 Å². The molecule has 0 unspecified atom stereocenters. The van der Waals surface area contributed by atoms with E-state index in [0.717, 1.165) is 19.3 Å². The van der Waals surface area contributed by atoms with Gasteiger partial charge in [0.15, 0.2) is 11.5 Å². The van der Waals surface area contributed by atoms with E-state index in [1.54, 1.807) is 18.2 Å². The first-order chi connectivity index (χ1) is 9.70. The zero-order valence-corrected chi connectivity index (χ0v) is 11.4. The maximum atomic E-state index is 11.9. The highest BCUT2D eigenvalue weighted by molar-refractivity contribution is 5.96. The Morgan fingerprint density at radius 3 is 2.75 bits per heavy atom. The molecule has 0 bridgehead atoms. The first-order valence-corrected chi connectivity index (χ1v) is 6.69. The quantitative estimate of drug-likeness (QED) is 0.635. The van der Waals surface area contributed by atoms with Gasteiger partial charge in [0.1, 0.15) is 0 Å². The molecule has 0 fully saturated rings. The van der Waals surface area contributed by atoms with E-state index in [1.807, 2.05) is 0 Å². The van der Waals surface area contributed by atoms with E-state index in [2.05, 4.69) is 17.8 Å². The number of carbonyl (C=O) groups is 2. The second-order valence-electron chi connectivity index (χ2n) is 4.53. The summed E-state index contributed by atoms with van der Waals surface area (Å²) in [7, 11) is 0. The Bertz CT molecular complexity index is 502. The zero-order chi connectivity index (χ0) is 14.4. The van der Waals surface area contributed by atoms with Gasteiger partial charge in [-0.1, -0.05) is 19.8 Å². The molecule has 2 N–H and O–H groups in total. The largest absolute Gasteiger partial charge is 0.454 e. The number of hydrogen-bond acceptors (Lipinski definition) is 4. The van der Waals surface area contributed by atoms with Crippen molar-refractivity contribution in [2.24, 2.45) is 0 Å². The fourth-order valence-electron chi connectivity index (χ4n) is 1.83. The third-order valence-electron chi connectivity index (χ3n) is 2.96. The minimum Gasteiger partial charge on any atom is -0.454 e. The number of nitrogens with one attached hydrogen (secondary N) is 2. The Kier molecular flexibility index (Phi) is 4.81. The van der Waals surface area contributed by atoms with Crippen molar-refractivity contribution in [3.8, 4) is 11.5 Å². The second-order valence-corrected chi connectivity index (χ2v) is 4.53. The summed E-state index contributed by atoms with van der Waals surface area (Å²) in [6.07, 6.45) is 3.29. The standard InChI is InChI=1S/C14H18N2O4/c1-2-3-4-5-13(17)15-16-14(18)10-6-7-11-12(8-10)20-9-19-11/h6-8H,2-5,9H2,1H3,(H,15,17)(H,16,18). The van der Waals surface area contributed by atoms with E-state index in [9.17, 15) is 9.59 Å².